The number of benzene rings is 1. The maximum Gasteiger partial charge on any atom is 0.573 e. The van der Waals surface area contributed by atoms with E-state index in [4.69, 9.17) is 5.11 Å². The molecule has 0 spiro atoms. The van der Waals surface area contributed by atoms with E-state index in [1.165, 1.54) is 0 Å². The van der Waals surface area contributed by atoms with Crippen LogP contribution in [0.3, 0.4) is 0 Å². The van der Waals surface area contributed by atoms with Crippen LogP contribution >= 0.6 is 0 Å². The molecule has 0 unspecified atom stereocenters. The Bertz CT molecular complexity index is 768. The van der Waals surface area contributed by atoms with E-state index in [0.29, 0.717) is 0 Å². The van der Waals surface area contributed by atoms with Crippen LogP contribution in [0.5, 0.6) is 5.75 Å². The van der Waals surface area contributed by atoms with Crippen LogP contribution in [0.4, 0.5) is 26.3 Å². The van der Waals surface area contributed by atoms with Crippen LogP contribution in [0.2, 0.25) is 0 Å². The molecule has 0 radical (unpaired) electrons. The highest BCUT2D eigenvalue weighted by atomic mass is 19.4. The molecule has 0 aliphatic carbocycles. The third-order valence-electron chi connectivity index (χ3n) is 3.02. The number of alkyl halides is 6. The minimum Gasteiger partial charge on any atom is -0.481 e. The Labute approximate surface area is 136 Å². The second kappa shape index (κ2) is 6.61. The van der Waals surface area contributed by atoms with Gasteiger partial charge in [-0.05, 0) is 29.3 Å². The van der Waals surface area contributed by atoms with E-state index in [0.717, 1.165) is 36.5 Å². The van der Waals surface area contributed by atoms with E-state index in [2.05, 4.69) is 9.72 Å². The minimum atomic E-state index is -4.94. The van der Waals surface area contributed by atoms with Gasteiger partial charge < -0.3 is 9.84 Å². The largest absolute Gasteiger partial charge is 0.573 e. The molecular formula is C15H9F6NO3. The maximum absolute atomic E-state index is 13.2. The van der Waals surface area contributed by atoms with E-state index >= 15 is 0 Å². The van der Waals surface area contributed by atoms with Crippen molar-refractivity contribution < 1.29 is 41.0 Å². The van der Waals surface area contributed by atoms with Crippen LogP contribution in [0.25, 0.3) is 11.1 Å². The summed E-state index contributed by atoms with van der Waals surface area (Å²) in [6.45, 7) is 0. The first kappa shape index (κ1) is 18.6. The predicted molar refractivity (Wildman–Crippen MR) is 72.7 cm³/mol. The molecule has 134 valence electrons. The molecule has 0 saturated carbocycles. The molecule has 1 heterocycles. The van der Waals surface area contributed by atoms with E-state index in [1.807, 2.05) is 0 Å². The highest BCUT2D eigenvalue weighted by molar-refractivity contribution is 5.78. The number of pyridine rings is 1. The summed E-state index contributed by atoms with van der Waals surface area (Å²) >= 11 is 0. The molecule has 0 aliphatic heterocycles. The average molecular weight is 365 g/mol. The molecule has 25 heavy (non-hydrogen) atoms. The van der Waals surface area contributed by atoms with Crippen molar-refractivity contribution in [3.63, 3.8) is 0 Å². The van der Waals surface area contributed by atoms with Crippen molar-refractivity contribution in [3.05, 3.63) is 47.8 Å². The lowest BCUT2D eigenvalue weighted by atomic mass is 9.96. The van der Waals surface area contributed by atoms with Gasteiger partial charge in [0.2, 0.25) is 0 Å². The lowest BCUT2D eigenvalue weighted by Crippen LogP contribution is -2.17. The zero-order chi connectivity index (χ0) is 18.8. The highest BCUT2D eigenvalue weighted by Crippen LogP contribution is 2.38. The fourth-order valence-corrected chi connectivity index (χ4v) is 2.17. The zero-order valence-corrected chi connectivity index (χ0v) is 12.1. The Balaban J connectivity index is 2.54. The summed E-state index contributed by atoms with van der Waals surface area (Å²) in [5, 5.41) is 8.86. The lowest BCUT2D eigenvalue weighted by molar-refractivity contribution is -0.274. The van der Waals surface area contributed by atoms with Crippen LogP contribution in [-0.2, 0) is 17.4 Å². The van der Waals surface area contributed by atoms with E-state index in [-0.39, 0.29) is 11.1 Å². The van der Waals surface area contributed by atoms with Crippen LogP contribution < -0.4 is 4.74 Å². The molecule has 1 aromatic carbocycles. The molecule has 1 aromatic heterocycles. The molecule has 10 heteroatoms. The molecule has 0 aliphatic rings. The fraction of sp³-hybridized carbons (Fsp3) is 0.200. The molecular weight excluding hydrogens is 356 g/mol. The van der Waals surface area contributed by atoms with Crippen molar-refractivity contribution >= 4 is 5.97 Å². The normalized spacial score (nSPS) is 12.1. The van der Waals surface area contributed by atoms with E-state index in [9.17, 15) is 31.1 Å². The van der Waals surface area contributed by atoms with Gasteiger partial charge in [0, 0.05) is 11.8 Å². The number of carbonyl (C=O) groups is 1. The molecule has 1 N–H and O–H groups in total. The molecule has 0 bridgehead atoms. The third kappa shape index (κ3) is 4.85. The molecule has 4 nitrogen and oxygen atoms in total. The molecule has 0 amide bonds. The van der Waals surface area contributed by atoms with Gasteiger partial charge in [-0.3, -0.25) is 9.78 Å². The van der Waals surface area contributed by atoms with E-state index < -0.39 is 41.9 Å². The second-order valence-electron chi connectivity index (χ2n) is 4.83. The van der Waals surface area contributed by atoms with Crippen LogP contribution in [-0.4, -0.2) is 22.4 Å². The van der Waals surface area contributed by atoms with Gasteiger partial charge in [0.05, 0.1) is 6.42 Å². The van der Waals surface area contributed by atoms with Gasteiger partial charge >= 0.3 is 18.5 Å². The van der Waals surface area contributed by atoms with Crippen LogP contribution in [0, 0.1) is 0 Å². The summed E-state index contributed by atoms with van der Waals surface area (Å²) in [5.74, 6) is -1.98. The van der Waals surface area contributed by atoms with Gasteiger partial charge in [0.15, 0.2) is 5.69 Å². The summed E-state index contributed by atoms with van der Waals surface area (Å²) in [6, 6.07) is 4.72. The van der Waals surface area contributed by atoms with E-state index in [1.54, 1.807) is 0 Å². The van der Waals surface area contributed by atoms with Gasteiger partial charge in [-0.2, -0.15) is 13.2 Å². The highest BCUT2D eigenvalue weighted by Gasteiger charge is 2.37. The number of aromatic nitrogens is 1. The zero-order valence-electron chi connectivity index (χ0n) is 12.1. The van der Waals surface area contributed by atoms with Crippen molar-refractivity contribution in [3.8, 4) is 16.9 Å². The maximum atomic E-state index is 13.2. The first-order valence-electron chi connectivity index (χ1n) is 6.60. The summed E-state index contributed by atoms with van der Waals surface area (Å²) in [5.41, 5.74) is -2.13. The summed E-state index contributed by atoms with van der Waals surface area (Å²) in [4.78, 5) is 14.1. The Morgan fingerprint density at radius 1 is 1.04 bits per heavy atom. The average Bonchev–Trinajstić information content (AvgIpc) is 2.45. The van der Waals surface area contributed by atoms with Gasteiger partial charge in [-0.1, -0.05) is 12.1 Å². The first-order chi connectivity index (χ1) is 11.5. The second-order valence-corrected chi connectivity index (χ2v) is 4.83. The SMILES string of the molecule is O=C(O)Cc1ccnc(C(F)(F)F)c1-c1ccc(OC(F)(F)F)cc1. The number of halogens is 6. The van der Waals surface area contributed by atoms with Crippen LogP contribution in [0.15, 0.2) is 36.5 Å². The number of nitrogens with zero attached hydrogens (tertiary/aromatic N) is 1. The smallest absolute Gasteiger partial charge is 0.481 e. The number of rotatable bonds is 4. The Hall–Kier alpha value is -2.78. The van der Waals surface area contributed by atoms with Gasteiger partial charge in [0.25, 0.3) is 0 Å². The number of aliphatic carboxylic acids is 1. The van der Waals surface area contributed by atoms with Crippen molar-refractivity contribution in [1.29, 1.82) is 0 Å². The summed E-state index contributed by atoms with van der Waals surface area (Å²) in [7, 11) is 0. The standard InChI is InChI=1S/C15H9F6NO3/c16-14(17,18)13-12(9(5-6-22-13)7-11(23)24)8-1-3-10(4-2-8)25-15(19,20)21/h1-6H,7H2,(H,23,24). The van der Waals surface area contributed by atoms with Gasteiger partial charge in [-0.25, -0.2) is 0 Å². The lowest BCUT2D eigenvalue weighted by Gasteiger charge is -2.16. The first-order valence-corrected chi connectivity index (χ1v) is 6.60. The minimum absolute atomic E-state index is 0.133. The topological polar surface area (TPSA) is 59.4 Å². The molecule has 0 atom stereocenters. The molecule has 0 saturated heterocycles. The molecule has 2 aromatic rings. The Kier molecular flexibility index (Phi) is 4.91. The van der Waals surface area contributed by atoms with Gasteiger partial charge in [-0.15, -0.1) is 13.2 Å². The Morgan fingerprint density at radius 3 is 2.12 bits per heavy atom. The van der Waals surface area contributed by atoms with Gasteiger partial charge in [0.1, 0.15) is 5.75 Å². The van der Waals surface area contributed by atoms with Crippen molar-refractivity contribution in [1.82, 2.24) is 4.98 Å². The van der Waals surface area contributed by atoms with Crippen molar-refractivity contribution in [2.24, 2.45) is 0 Å². The number of ether oxygens (including phenoxy) is 1. The number of hydrogen-bond donors (Lipinski definition) is 1. The fourth-order valence-electron chi connectivity index (χ4n) is 2.17. The molecule has 0 fully saturated rings. The third-order valence-corrected chi connectivity index (χ3v) is 3.02. The predicted octanol–water partition coefficient (Wildman–Crippen LogP) is 4.29. The quantitative estimate of drug-likeness (QED) is 0.821. The van der Waals surface area contributed by atoms with Crippen molar-refractivity contribution in [2.75, 3.05) is 0 Å². The van der Waals surface area contributed by atoms with Crippen molar-refractivity contribution in [2.45, 2.75) is 19.0 Å². The summed E-state index contributed by atoms with van der Waals surface area (Å²) < 4.78 is 79.6. The van der Waals surface area contributed by atoms with Crippen LogP contribution in [0.1, 0.15) is 11.3 Å². The number of carboxylic acid groups (broad SMARTS) is 1. The summed E-state index contributed by atoms with van der Waals surface area (Å²) in [6.07, 6.45) is -9.69. The molecule has 2 rings (SSSR count). The number of hydrogen-bond acceptors (Lipinski definition) is 3. The number of carboxylic acids is 1. The Morgan fingerprint density at radius 2 is 1.64 bits per heavy atom. The monoisotopic (exact) mass is 365 g/mol.